The molecule has 1 heterocycles. The molecule has 0 bridgehead atoms. The fraction of sp³-hybridized carbons (Fsp3) is 0.500. The fourth-order valence-corrected chi connectivity index (χ4v) is 2.67. The van der Waals surface area contributed by atoms with Gasteiger partial charge in [-0.05, 0) is 38.9 Å². The average molecular weight is 266 g/mol. The SMILES string of the molecule is CC/C=C(\C)C(=O)NC[C@@H](c1cccs1)N(C)C. The van der Waals surface area contributed by atoms with Crippen LogP contribution in [0.5, 0.6) is 0 Å². The zero-order valence-electron chi connectivity index (χ0n) is 11.6. The molecule has 1 aromatic heterocycles. The van der Waals surface area contributed by atoms with Gasteiger partial charge in [0, 0.05) is 17.0 Å². The van der Waals surface area contributed by atoms with Gasteiger partial charge in [0.25, 0.3) is 0 Å². The van der Waals surface area contributed by atoms with Crippen LogP contribution in [0.1, 0.15) is 31.2 Å². The third-order valence-corrected chi connectivity index (χ3v) is 3.79. The molecule has 0 saturated heterocycles. The Morgan fingerprint density at radius 3 is 2.78 bits per heavy atom. The molecule has 1 rings (SSSR count). The van der Waals surface area contributed by atoms with Crippen LogP contribution in [-0.2, 0) is 4.79 Å². The van der Waals surface area contributed by atoms with E-state index in [2.05, 4.69) is 21.7 Å². The highest BCUT2D eigenvalue weighted by atomic mass is 32.1. The molecule has 0 aliphatic carbocycles. The summed E-state index contributed by atoms with van der Waals surface area (Å²) in [6.07, 6.45) is 2.84. The molecule has 1 N–H and O–H groups in total. The van der Waals surface area contributed by atoms with E-state index in [1.807, 2.05) is 40.1 Å². The van der Waals surface area contributed by atoms with Crippen LogP contribution in [0.2, 0.25) is 0 Å². The number of carbonyl (C=O) groups excluding carboxylic acids is 1. The first-order chi connectivity index (χ1) is 8.56. The van der Waals surface area contributed by atoms with E-state index in [4.69, 9.17) is 0 Å². The molecule has 0 unspecified atom stereocenters. The van der Waals surface area contributed by atoms with E-state index in [0.29, 0.717) is 6.54 Å². The van der Waals surface area contributed by atoms with Crippen molar-refractivity contribution < 1.29 is 4.79 Å². The molecule has 4 heteroatoms. The lowest BCUT2D eigenvalue weighted by atomic mass is 10.2. The topological polar surface area (TPSA) is 32.3 Å². The van der Waals surface area contributed by atoms with Crippen LogP contribution in [0.15, 0.2) is 29.2 Å². The van der Waals surface area contributed by atoms with E-state index >= 15 is 0 Å². The molecule has 1 aromatic rings. The number of hydrogen-bond acceptors (Lipinski definition) is 3. The van der Waals surface area contributed by atoms with Gasteiger partial charge in [-0.2, -0.15) is 0 Å². The number of likely N-dealkylation sites (N-methyl/N-ethyl adjacent to an activating group) is 1. The van der Waals surface area contributed by atoms with Crippen molar-refractivity contribution in [3.8, 4) is 0 Å². The van der Waals surface area contributed by atoms with Gasteiger partial charge in [-0.1, -0.05) is 19.1 Å². The van der Waals surface area contributed by atoms with E-state index in [1.165, 1.54) is 4.88 Å². The first-order valence-electron chi connectivity index (χ1n) is 6.21. The minimum atomic E-state index is 0.0280. The van der Waals surface area contributed by atoms with Crippen LogP contribution < -0.4 is 5.32 Å². The number of allylic oxidation sites excluding steroid dienone is 1. The second-order valence-electron chi connectivity index (χ2n) is 4.50. The highest BCUT2D eigenvalue weighted by molar-refractivity contribution is 7.10. The second-order valence-corrected chi connectivity index (χ2v) is 5.48. The van der Waals surface area contributed by atoms with Crippen molar-refractivity contribution in [2.45, 2.75) is 26.3 Å². The van der Waals surface area contributed by atoms with E-state index in [-0.39, 0.29) is 11.9 Å². The number of amides is 1. The molecule has 1 atom stereocenters. The summed E-state index contributed by atoms with van der Waals surface area (Å²) < 4.78 is 0. The van der Waals surface area contributed by atoms with E-state index in [0.717, 1.165) is 12.0 Å². The number of hydrogen-bond donors (Lipinski definition) is 1. The molecule has 0 aliphatic heterocycles. The average Bonchev–Trinajstić information content (AvgIpc) is 2.82. The minimum absolute atomic E-state index is 0.0280. The summed E-state index contributed by atoms with van der Waals surface area (Å²) in [5.41, 5.74) is 0.793. The molecule has 1 amide bonds. The van der Waals surface area contributed by atoms with Crippen LogP contribution in [-0.4, -0.2) is 31.4 Å². The summed E-state index contributed by atoms with van der Waals surface area (Å²) >= 11 is 1.72. The molecular formula is C14H22N2OS. The Morgan fingerprint density at radius 2 is 2.28 bits per heavy atom. The molecule has 3 nitrogen and oxygen atoms in total. The Balaban J connectivity index is 2.59. The maximum Gasteiger partial charge on any atom is 0.246 e. The third-order valence-electron chi connectivity index (χ3n) is 2.82. The van der Waals surface area contributed by atoms with Crippen molar-refractivity contribution in [2.24, 2.45) is 0 Å². The molecule has 0 radical (unpaired) electrons. The first-order valence-corrected chi connectivity index (χ1v) is 7.09. The van der Waals surface area contributed by atoms with Crippen LogP contribution >= 0.6 is 11.3 Å². The van der Waals surface area contributed by atoms with E-state index in [9.17, 15) is 4.79 Å². The van der Waals surface area contributed by atoms with Gasteiger partial charge < -0.3 is 10.2 Å². The summed E-state index contributed by atoms with van der Waals surface area (Å²) in [5, 5.41) is 5.06. The van der Waals surface area contributed by atoms with Gasteiger partial charge in [0.05, 0.1) is 6.04 Å². The highest BCUT2D eigenvalue weighted by Crippen LogP contribution is 2.22. The Morgan fingerprint density at radius 1 is 1.56 bits per heavy atom. The van der Waals surface area contributed by atoms with Gasteiger partial charge in [0.15, 0.2) is 0 Å². The summed E-state index contributed by atoms with van der Waals surface area (Å²) in [7, 11) is 4.07. The van der Waals surface area contributed by atoms with Crippen molar-refractivity contribution in [1.82, 2.24) is 10.2 Å². The van der Waals surface area contributed by atoms with Gasteiger partial charge in [0.1, 0.15) is 0 Å². The summed E-state index contributed by atoms with van der Waals surface area (Å²) in [6, 6.07) is 4.39. The Bertz CT molecular complexity index is 396. The maximum absolute atomic E-state index is 11.8. The summed E-state index contributed by atoms with van der Waals surface area (Å²) in [4.78, 5) is 15.2. The molecule has 0 saturated carbocycles. The standard InChI is InChI=1S/C14H22N2OS/c1-5-7-11(2)14(17)15-10-12(16(3)4)13-8-6-9-18-13/h6-9,12H,5,10H2,1-4H3,(H,15,17)/b11-7+/t12-/m0/s1. The van der Waals surface area contributed by atoms with Crippen LogP contribution in [0, 0.1) is 0 Å². The summed E-state index contributed by atoms with van der Waals surface area (Å²) in [5.74, 6) is 0.0280. The molecule has 0 spiro atoms. The zero-order chi connectivity index (χ0) is 13.5. The highest BCUT2D eigenvalue weighted by Gasteiger charge is 2.16. The summed E-state index contributed by atoms with van der Waals surface area (Å²) in [6.45, 7) is 4.53. The van der Waals surface area contributed by atoms with Gasteiger partial charge >= 0.3 is 0 Å². The molecule has 100 valence electrons. The zero-order valence-corrected chi connectivity index (χ0v) is 12.4. The Labute approximate surface area is 114 Å². The largest absolute Gasteiger partial charge is 0.350 e. The van der Waals surface area contributed by atoms with Gasteiger partial charge in [-0.25, -0.2) is 0 Å². The molecule has 0 aliphatic rings. The second kappa shape index (κ2) is 7.34. The lowest BCUT2D eigenvalue weighted by molar-refractivity contribution is -0.117. The number of thiophene rings is 1. The van der Waals surface area contributed by atoms with Gasteiger partial charge in [0.2, 0.25) is 5.91 Å². The number of carbonyl (C=O) groups is 1. The van der Waals surface area contributed by atoms with Crippen molar-refractivity contribution in [1.29, 1.82) is 0 Å². The van der Waals surface area contributed by atoms with Crippen LogP contribution in [0.4, 0.5) is 0 Å². The lowest BCUT2D eigenvalue weighted by Gasteiger charge is -2.23. The monoisotopic (exact) mass is 266 g/mol. The minimum Gasteiger partial charge on any atom is -0.350 e. The van der Waals surface area contributed by atoms with Crippen LogP contribution in [0.25, 0.3) is 0 Å². The van der Waals surface area contributed by atoms with Crippen molar-refractivity contribution in [2.75, 3.05) is 20.6 Å². The normalized spacial score (nSPS) is 13.7. The number of nitrogens with one attached hydrogen (secondary N) is 1. The van der Waals surface area contributed by atoms with Crippen molar-refractivity contribution in [3.63, 3.8) is 0 Å². The quantitative estimate of drug-likeness (QED) is 0.803. The predicted molar refractivity (Wildman–Crippen MR) is 77.8 cm³/mol. The van der Waals surface area contributed by atoms with Gasteiger partial charge in [-0.3, -0.25) is 4.79 Å². The smallest absolute Gasteiger partial charge is 0.246 e. The maximum atomic E-state index is 11.8. The third kappa shape index (κ3) is 4.27. The van der Waals surface area contributed by atoms with Crippen LogP contribution in [0.3, 0.4) is 0 Å². The predicted octanol–water partition coefficient (Wildman–Crippen LogP) is 2.82. The number of rotatable bonds is 6. The number of nitrogens with zero attached hydrogens (tertiary/aromatic N) is 1. The molecule has 18 heavy (non-hydrogen) atoms. The Hall–Kier alpha value is -1.13. The van der Waals surface area contributed by atoms with E-state index in [1.54, 1.807) is 11.3 Å². The van der Waals surface area contributed by atoms with E-state index < -0.39 is 0 Å². The van der Waals surface area contributed by atoms with Crippen molar-refractivity contribution in [3.05, 3.63) is 34.0 Å². The molecule has 0 aromatic carbocycles. The van der Waals surface area contributed by atoms with Gasteiger partial charge in [-0.15, -0.1) is 11.3 Å². The molecular weight excluding hydrogens is 244 g/mol. The first kappa shape index (κ1) is 14.9. The Kier molecular flexibility index (Phi) is 6.09. The fourth-order valence-electron chi connectivity index (χ4n) is 1.75. The van der Waals surface area contributed by atoms with Crippen molar-refractivity contribution >= 4 is 17.2 Å². The lowest BCUT2D eigenvalue weighted by Crippen LogP contribution is -2.34. The molecule has 0 fully saturated rings.